The van der Waals surface area contributed by atoms with Crippen LogP contribution in [0, 0.1) is 0 Å². The number of amides is 1. The van der Waals surface area contributed by atoms with Gasteiger partial charge in [0, 0.05) is 24.1 Å². The zero-order chi connectivity index (χ0) is 23.4. The Morgan fingerprint density at radius 3 is 2.45 bits per heavy atom. The van der Waals surface area contributed by atoms with Gasteiger partial charge in [-0.05, 0) is 54.6 Å². The van der Waals surface area contributed by atoms with Gasteiger partial charge in [0.1, 0.15) is 11.5 Å². The molecule has 33 heavy (non-hydrogen) atoms. The van der Waals surface area contributed by atoms with Gasteiger partial charge in [0.05, 0.1) is 17.6 Å². The van der Waals surface area contributed by atoms with Crippen LogP contribution in [0.1, 0.15) is 10.4 Å². The number of hydrogen-bond acceptors (Lipinski definition) is 8. The molecule has 0 aliphatic rings. The predicted molar refractivity (Wildman–Crippen MR) is 118 cm³/mol. The Morgan fingerprint density at radius 1 is 1.06 bits per heavy atom. The summed E-state index contributed by atoms with van der Waals surface area (Å²) in [5, 5.41) is 12.1. The number of sulfonamides is 1. The number of rotatable bonds is 8. The molecule has 0 aliphatic heterocycles. The van der Waals surface area contributed by atoms with E-state index < -0.39 is 15.9 Å². The van der Waals surface area contributed by atoms with Crippen LogP contribution in [0.2, 0.25) is 0 Å². The summed E-state index contributed by atoms with van der Waals surface area (Å²) in [5.41, 5.74) is 5.56. The highest BCUT2D eigenvalue weighted by Gasteiger charge is 2.19. The maximum atomic E-state index is 12.7. The summed E-state index contributed by atoms with van der Waals surface area (Å²) in [5.74, 6) is 0.612. The number of hydrogen-bond donors (Lipinski definition) is 2. The topological polar surface area (TPSA) is 151 Å². The fourth-order valence-electron chi connectivity index (χ4n) is 2.87. The molecule has 4 rings (SSSR count). The predicted octanol–water partition coefficient (Wildman–Crippen LogP) is 2.36. The van der Waals surface area contributed by atoms with Crippen LogP contribution in [0.5, 0.6) is 17.4 Å². The number of anilines is 1. The van der Waals surface area contributed by atoms with E-state index in [9.17, 15) is 13.2 Å². The molecule has 1 amide bonds. The number of aromatic nitrogens is 4. The van der Waals surface area contributed by atoms with E-state index in [0.29, 0.717) is 17.3 Å². The molecule has 0 fully saturated rings. The molecule has 11 nitrogen and oxygen atoms in total. The minimum Gasteiger partial charge on any atom is -0.496 e. The third-order valence-electron chi connectivity index (χ3n) is 4.44. The summed E-state index contributed by atoms with van der Waals surface area (Å²) < 4.78 is 40.1. The summed E-state index contributed by atoms with van der Waals surface area (Å²) >= 11 is 0. The first kappa shape index (κ1) is 21.8. The first-order valence-corrected chi connectivity index (χ1v) is 11.0. The number of methoxy groups -OCH3 is 1. The van der Waals surface area contributed by atoms with Crippen molar-refractivity contribution in [3.8, 4) is 23.2 Å². The highest BCUT2D eigenvalue weighted by atomic mass is 32.2. The number of nitrogens with one attached hydrogen (secondary N) is 1. The summed E-state index contributed by atoms with van der Waals surface area (Å²) in [4.78, 5) is 11.4. The number of carbonyl (C=O) groups is 1. The van der Waals surface area contributed by atoms with Crippen LogP contribution >= 0.6 is 0 Å². The first-order chi connectivity index (χ1) is 15.9. The zero-order valence-electron chi connectivity index (χ0n) is 17.2. The molecule has 0 bridgehead atoms. The molecular weight excluding hydrogens is 448 g/mol. The van der Waals surface area contributed by atoms with Crippen molar-refractivity contribution in [2.24, 2.45) is 5.73 Å². The smallest absolute Gasteiger partial charge is 0.261 e. The third-order valence-corrected chi connectivity index (χ3v) is 5.82. The van der Waals surface area contributed by atoms with Crippen molar-refractivity contribution in [2.45, 2.75) is 4.90 Å². The molecule has 0 unspecified atom stereocenters. The molecule has 4 aromatic rings. The summed E-state index contributed by atoms with van der Waals surface area (Å²) in [7, 11) is -2.62. The van der Waals surface area contributed by atoms with Gasteiger partial charge in [0.15, 0.2) is 5.82 Å². The SMILES string of the molecule is COc1ccc(S(=O)(=O)Nc2ccc(Oc3ccc(-n4cccn4)nn3)cc2)cc1C(N)=O. The van der Waals surface area contributed by atoms with Crippen molar-refractivity contribution in [3.63, 3.8) is 0 Å². The van der Waals surface area contributed by atoms with Gasteiger partial charge in [-0.1, -0.05) is 0 Å². The van der Waals surface area contributed by atoms with Gasteiger partial charge >= 0.3 is 0 Å². The second-order valence-corrected chi connectivity index (χ2v) is 8.32. The second-order valence-electron chi connectivity index (χ2n) is 6.64. The molecular formula is C21H18N6O5S. The van der Waals surface area contributed by atoms with E-state index in [0.717, 1.165) is 6.07 Å². The van der Waals surface area contributed by atoms with Crippen LogP contribution in [0.4, 0.5) is 5.69 Å². The van der Waals surface area contributed by atoms with E-state index in [1.807, 2.05) is 0 Å². The van der Waals surface area contributed by atoms with Crippen LogP contribution in [0.3, 0.4) is 0 Å². The Balaban J connectivity index is 1.46. The van der Waals surface area contributed by atoms with Crippen molar-refractivity contribution >= 4 is 21.6 Å². The minimum absolute atomic E-state index is 0.0381. The molecule has 0 spiro atoms. The van der Waals surface area contributed by atoms with E-state index in [4.69, 9.17) is 15.2 Å². The molecule has 0 saturated carbocycles. The molecule has 2 aromatic heterocycles. The Hall–Kier alpha value is -4.45. The van der Waals surface area contributed by atoms with Crippen LogP contribution in [-0.2, 0) is 10.0 Å². The molecule has 3 N–H and O–H groups in total. The fourth-order valence-corrected chi connectivity index (χ4v) is 3.95. The van der Waals surface area contributed by atoms with Gasteiger partial charge < -0.3 is 15.2 Å². The van der Waals surface area contributed by atoms with Gasteiger partial charge in [0.2, 0.25) is 5.88 Å². The van der Waals surface area contributed by atoms with Gasteiger partial charge in [0.25, 0.3) is 15.9 Å². The van der Waals surface area contributed by atoms with E-state index in [1.54, 1.807) is 47.4 Å². The Labute approximate surface area is 188 Å². The monoisotopic (exact) mass is 466 g/mol. The maximum Gasteiger partial charge on any atom is 0.261 e. The van der Waals surface area contributed by atoms with Crippen molar-refractivity contribution < 1.29 is 22.7 Å². The van der Waals surface area contributed by atoms with E-state index in [-0.39, 0.29) is 22.1 Å². The number of primary amides is 1. The lowest BCUT2D eigenvalue weighted by atomic mass is 10.2. The van der Waals surface area contributed by atoms with Crippen LogP contribution in [0.25, 0.3) is 5.82 Å². The van der Waals surface area contributed by atoms with E-state index in [1.165, 1.54) is 31.4 Å². The first-order valence-electron chi connectivity index (χ1n) is 9.48. The van der Waals surface area contributed by atoms with Crippen molar-refractivity contribution in [1.29, 1.82) is 0 Å². The number of carbonyl (C=O) groups excluding carboxylic acids is 1. The maximum absolute atomic E-state index is 12.7. The summed E-state index contributed by atoms with van der Waals surface area (Å²) in [6.07, 6.45) is 3.37. The Kier molecular flexibility index (Phi) is 5.91. The van der Waals surface area contributed by atoms with Crippen LogP contribution < -0.4 is 19.9 Å². The number of nitrogens with two attached hydrogens (primary N) is 1. The number of benzene rings is 2. The average Bonchev–Trinajstić information content (AvgIpc) is 3.35. The fraction of sp³-hybridized carbons (Fsp3) is 0.0476. The lowest BCUT2D eigenvalue weighted by molar-refractivity contribution is 0.0997. The molecule has 2 aromatic carbocycles. The van der Waals surface area contributed by atoms with Crippen molar-refractivity contribution in [1.82, 2.24) is 20.0 Å². The average molecular weight is 466 g/mol. The molecule has 0 saturated heterocycles. The van der Waals surface area contributed by atoms with Crippen molar-refractivity contribution in [3.05, 3.63) is 78.6 Å². The third kappa shape index (κ3) is 4.91. The highest BCUT2D eigenvalue weighted by Crippen LogP contribution is 2.26. The molecule has 2 heterocycles. The van der Waals surface area contributed by atoms with Gasteiger partial charge in [-0.25, -0.2) is 13.1 Å². The molecule has 0 atom stereocenters. The lowest BCUT2D eigenvalue weighted by Crippen LogP contribution is -2.16. The Morgan fingerprint density at radius 2 is 1.85 bits per heavy atom. The number of nitrogens with zero attached hydrogens (tertiary/aromatic N) is 4. The van der Waals surface area contributed by atoms with Gasteiger partial charge in [-0.2, -0.15) is 5.10 Å². The van der Waals surface area contributed by atoms with Gasteiger partial charge in [-0.3, -0.25) is 9.52 Å². The molecule has 12 heteroatoms. The number of ether oxygens (including phenoxy) is 2. The minimum atomic E-state index is -3.98. The standard InChI is InChI=1S/C21H18N6O5S/c1-31-18-8-7-16(13-17(18)21(22)28)33(29,30)26-14-3-5-15(6-4-14)32-20-10-9-19(24-25-20)27-12-2-11-23-27/h2-13,26H,1H3,(H2,22,28). The van der Waals surface area contributed by atoms with E-state index >= 15 is 0 Å². The molecule has 0 radical (unpaired) electrons. The molecule has 0 aliphatic carbocycles. The summed E-state index contributed by atoms with van der Waals surface area (Å²) in [6, 6.07) is 15.1. The van der Waals surface area contributed by atoms with Crippen LogP contribution in [0.15, 0.2) is 78.0 Å². The van der Waals surface area contributed by atoms with Crippen LogP contribution in [-0.4, -0.2) is 41.4 Å². The largest absolute Gasteiger partial charge is 0.496 e. The second kappa shape index (κ2) is 8.96. The lowest BCUT2D eigenvalue weighted by Gasteiger charge is -2.11. The molecule has 168 valence electrons. The van der Waals surface area contributed by atoms with Gasteiger partial charge in [-0.15, -0.1) is 10.2 Å². The van der Waals surface area contributed by atoms with E-state index in [2.05, 4.69) is 20.0 Å². The Bertz CT molecular complexity index is 1370. The zero-order valence-corrected chi connectivity index (χ0v) is 18.1. The normalized spacial score (nSPS) is 11.1. The van der Waals surface area contributed by atoms with Crippen molar-refractivity contribution in [2.75, 3.05) is 11.8 Å². The summed E-state index contributed by atoms with van der Waals surface area (Å²) in [6.45, 7) is 0. The highest BCUT2D eigenvalue weighted by molar-refractivity contribution is 7.92. The quantitative estimate of drug-likeness (QED) is 0.401.